The molecule has 0 heterocycles. The molecule has 0 aliphatic heterocycles. The normalized spacial score (nSPS) is 12.1. The topological polar surface area (TPSA) is 45.0 Å². The Hall–Kier alpha value is -2.05. The molecule has 0 saturated carbocycles. The molecule has 0 aliphatic rings. The Bertz CT molecular complexity index is 601. The van der Waals surface area contributed by atoms with Gasteiger partial charge in [0.2, 0.25) is 0 Å². The van der Waals surface area contributed by atoms with Gasteiger partial charge in [-0.1, -0.05) is 37.3 Å². The van der Waals surface area contributed by atoms with Gasteiger partial charge < -0.3 is 10.1 Å². The van der Waals surface area contributed by atoms with Crippen molar-refractivity contribution >= 4 is 10.8 Å². The fraction of sp³-hybridized carbons (Fsp3) is 0.312. The lowest BCUT2D eigenvalue weighted by Gasteiger charge is -2.15. The molecule has 1 atom stereocenters. The maximum absolute atomic E-state index is 8.89. The zero-order valence-corrected chi connectivity index (χ0v) is 11.3. The van der Waals surface area contributed by atoms with Crippen LogP contribution in [0.3, 0.4) is 0 Å². The molecule has 19 heavy (non-hydrogen) atoms. The summed E-state index contributed by atoms with van der Waals surface area (Å²) in [4.78, 5) is 0. The lowest BCUT2D eigenvalue weighted by molar-refractivity contribution is 0.273. The number of nitriles is 1. The zero-order valence-electron chi connectivity index (χ0n) is 11.3. The van der Waals surface area contributed by atoms with Crippen LogP contribution >= 0.6 is 0 Å². The third-order valence-electron chi connectivity index (χ3n) is 3.03. The minimum atomic E-state index is -0.443. The van der Waals surface area contributed by atoms with Crippen LogP contribution in [0.4, 0.5) is 0 Å². The van der Waals surface area contributed by atoms with Gasteiger partial charge in [0, 0.05) is 12.1 Å². The van der Waals surface area contributed by atoms with Gasteiger partial charge in [0.1, 0.15) is 11.8 Å². The molecule has 3 nitrogen and oxygen atoms in total. The molecule has 2 rings (SSSR count). The molecule has 2 aromatic rings. The molecule has 98 valence electrons. The summed E-state index contributed by atoms with van der Waals surface area (Å²) in [6, 6.07) is 14.3. The summed E-state index contributed by atoms with van der Waals surface area (Å²) in [5, 5.41) is 14.6. The van der Waals surface area contributed by atoms with E-state index in [1.54, 1.807) is 6.92 Å². The Morgan fingerprint density at radius 2 is 2.05 bits per heavy atom. The predicted octanol–water partition coefficient (Wildman–Crippen LogP) is 3.24. The van der Waals surface area contributed by atoms with Crippen LogP contribution in [0.5, 0.6) is 5.75 Å². The SMILES string of the molecule is CCNCc1c(OC(C)C#N)ccc2ccccc12. The van der Waals surface area contributed by atoms with Crippen molar-refractivity contribution in [2.45, 2.75) is 26.5 Å². The summed E-state index contributed by atoms with van der Waals surface area (Å²) < 4.78 is 5.70. The van der Waals surface area contributed by atoms with Gasteiger partial charge in [-0.2, -0.15) is 5.26 Å². The van der Waals surface area contributed by atoms with Crippen LogP contribution in [0.15, 0.2) is 36.4 Å². The lowest BCUT2D eigenvalue weighted by atomic mass is 10.0. The molecule has 2 aromatic carbocycles. The van der Waals surface area contributed by atoms with Crippen molar-refractivity contribution in [3.8, 4) is 11.8 Å². The summed E-state index contributed by atoms with van der Waals surface area (Å²) >= 11 is 0. The van der Waals surface area contributed by atoms with E-state index in [4.69, 9.17) is 10.00 Å². The van der Waals surface area contributed by atoms with Gasteiger partial charge in [-0.15, -0.1) is 0 Å². The lowest BCUT2D eigenvalue weighted by Crippen LogP contribution is -2.15. The van der Waals surface area contributed by atoms with E-state index in [0.29, 0.717) is 0 Å². The zero-order chi connectivity index (χ0) is 13.7. The first kappa shape index (κ1) is 13.4. The van der Waals surface area contributed by atoms with Crippen LogP contribution < -0.4 is 10.1 Å². The smallest absolute Gasteiger partial charge is 0.181 e. The molecule has 0 amide bonds. The van der Waals surface area contributed by atoms with Crippen molar-refractivity contribution in [2.24, 2.45) is 0 Å². The van der Waals surface area contributed by atoms with Crippen molar-refractivity contribution < 1.29 is 4.74 Å². The number of hydrogen-bond acceptors (Lipinski definition) is 3. The predicted molar refractivity (Wildman–Crippen MR) is 77.0 cm³/mol. The van der Waals surface area contributed by atoms with E-state index in [9.17, 15) is 0 Å². The van der Waals surface area contributed by atoms with Crippen LogP contribution in [0.1, 0.15) is 19.4 Å². The second kappa shape index (κ2) is 6.21. The van der Waals surface area contributed by atoms with E-state index < -0.39 is 6.10 Å². The summed E-state index contributed by atoms with van der Waals surface area (Å²) in [7, 11) is 0. The van der Waals surface area contributed by atoms with Crippen LogP contribution in [0, 0.1) is 11.3 Å². The first-order chi connectivity index (χ1) is 9.26. The van der Waals surface area contributed by atoms with Crippen molar-refractivity contribution in [3.05, 3.63) is 42.0 Å². The molecule has 0 spiro atoms. The molecule has 0 saturated heterocycles. The maximum atomic E-state index is 8.89. The van der Waals surface area contributed by atoms with Crippen LogP contribution in [0.2, 0.25) is 0 Å². The van der Waals surface area contributed by atoms with Gasteiger partial charge in [0.05, 0.1) is 0 Å². The van der Waals surface area contributed by atoms with Gasteiger partial charge in [0.25, 0.3) is 0 Å². The summed E-state index contributed by atoms with van der Waals surface area (Å²) in [5.41, 5.74) is 1.11. The second-order valence-electron chi connectivity index (χ2n) is 4.43. The van der Waals surface area contributed by atoms with Crippen molar-refractivity contribution in [1.82, 2.24) is 5.32 Å². The van der Waals surface area contributed by atoms with E-state index in [1.807, 2.05) is 24.3 Å². The molecule has 0 aliphatic carbocycles. The van der Waals surface area contributed by atoms with Gasteiger partial charge in [0.15, 0.2) is 6.10 Å². The minimum Gasteiger partial charge on any atom is -0.476 e. The average Bonchev–Trinajstić information content (AvgIpc) is 2.45. The van der Waals surface area contributed by atoms with E-state index in [-0.39, 0.29) is 0 Å². The van der Waals surface area contributed by atoms with Crippen LogP contribution in [-0.2, 0) is 6.54 Å². The number of benzene rings is 2. The molecule has 1 unspecified atom stereocenters. The Kier molecular flexibility index (Phi) is 4.38. The van der Waals surface area contributed by atoms with E-state index in [0.717, 1.165) is 24.4 Å². The first-order valence-corrected chi connectivity index (χ1v) is 6.54. The standard InChI is InChI=1S/C16H18N2O/c1-3-18-11-15-14-7-5-4-6-13(14)8-9-16(15)19-12(2)10-17/h4-9,12,18H,3,11H2,1-2H3. The molecular formula is C16H18N2O. The van der Waals surface area contributed by atoms with Gasteiger partial charge in [-0.05, 0) is 30.3 Å². The Morgan fingerprint density at radius 3 is 2.79 bits per heavy atom. The quantitative estimate of drug-likeness (QED) is 0.891. The maximum Gasteiger partial charge on any atom is 0.181 e. The number of hydrogen-bond donors (Lipinski definition) is 1. The molecule has 1 N–H and O–H groups in total. The number of nitrogens with one attached hydrogen (secondary N) is 1. The average molecular weight is 254 g/mol. The number of rotatable bonds is 5. The first-order valence-electron chi connectivity index (χ1n) is 6.54. The highest BCUT2D eigenvalue weighted by molar-refractivity contribution is 5.87. The molecule has 0 radical (unpaired) electrons. The molecular weight excluding hydrogens is 236 g/mol. The number of nitrogens with zero attached hydrogens (tertiary/aromatic N) is 1. The third kappa shape index (κ3) is 3.04. The molecule has 0 bridgehead atoms. The van der Waals surface area contributed by atoms with Crippen LogP contribution in [-0.4, -0.2) is 12.6 Å². The summed E-state index contributed by atoms with van der Waals surface area (Å²) in [6.45, 7) is 5.47. The largest absolute Gasteiger partial charge is 0.476 e. The fourth-order valence-electron chi connectivity index (χ4n) is 2.08. The van der Waals surface area contributed by atoms with Crippen LogP contribution in [0.25, 0.3) is 10.8 Å². The van der Waals surface area contributed by atoms with Gasteiger partial charge in [-0.25, -0.2) is 0 Å². The van der Waals surface area contributed by atoms with E-state index in [2.05, 4.69) is 30.4 Å². The molecule has 3 heteroatoms. The number of ether oxygens (including phenoxy) is 1. The molecule has 0 aromatic heterocycles. The molecule has 0 fully saturated rings. The number of fused-ring (bicyclic) bond motifs is 1. The summed E-state index contributed by atoms with van der Waals surface area (Å²) in [5.74, 6) is 0.786. The van der Waals surface area contributed by atoms with Gasteiger partial charge in [-0.3, -0.25) is 0 Å². The highest BCUT2D eigenvalue weighted by Gasteiger charge is 2.10. The Balaban J connectivity index is 2.47. The van der Waals surface area contributed by atoms with Crippen molar-refractivity contribution in [1.29, 1.82) is 5.26 Å². The Morgan fingerprint density at radius 1 is 1.26 bits per heavy atom. The highest BCUT2D eigenvalue weighted by atomic mass is 16.5. The monoisotopic (exact) mass is 254 g/mol. The highest BCUT2D eigenvalue weighted by Crippen LogP contribution is 2.28. The fourth-order valence-corrected chi connectivity index (χ4v) is 2.08. The van der Waals surface area contributed by atoms with Crippen molar-refractivity contribution in [2.75, 3.05) is 6.54 Å². The van der Waals surface area contributed by atoms with Gasteiger partial charge >= 0.3 is 0 Å². The second-order valence-corrected chi connectivity index (χ2v) is 4.43. The minimum absolute atomic E-state index is 0.443. The summed E-state index contributed by atoms with van der Waals surface area (Å²) in [6.07, 6.45) is -0.443. The van der Waals surface area contributed by atoms with E-state index in [1.165, 1.54) is 10.8 Å². The van der Waals surface area contributed by atoms with Crippen molar-refractivity contribution in [3.63, 3.8) is 0 Å². The van der Waals surface area contributed by atoms with E-state index >= 15 is 0 Å². The Labute approximate surface area is 113 Å². The third-order valence-corrected chi connectivity index (χ3v) is 3.03.